The molecule has 1 fully saturated rings. The summed E-state index contributed by atoms with van der Waals surface area (Å²) < 4.78 is 20.1. The van der Waals surface area contributed by atoms with Crippen LogP contribution in [-0.2, 0) is 4.79 Å². The van der Waals surface area contributed by atoms with E-state index in [1.54, 1.807) is 15.7 Å². The highest BCUT2D eigenvalue weighted by Crippen LogP contribution is 2.38. The van der Waals surface area contributed by atoms with E-state index in [0.29, 0.717) is 52.6 Å². The summed E-state index contributed by atoms with van der Waals surface area (Å²) in [5.74, 6) is -0.177. The largest absolute Gasteiger partial charge is 0.442 e. The molecule has 4 aromatic rings. The molecular weight excluding hydrogens is 531 g/mol. The molecule has 1 unspecified atom stereocenters. The average molecular weight is 566 g/mol. The van der Waals surface area contributed by atoms with Gasteiger partial charge in [-0.2, -0.15) is 4.98 Å². The summed E-state index contributed by atoms with van der Waals surface area (Å²) in [6.07, 6.45) is 3.03. The molecule has 8 nitrogen and oxygen atoms in total. The maximum atomic E-state index is 16.7. The third kappa shape index (κ3) is 3.98. The minimum atomic E-state index is -0.467. The number of hydrogen-bond acceptors (Lipinski definition) is 5. The molecule has 5 heterocycles. The van der Waals surface area contributed by atoms with Gasteiger partial charge in [-0.15, -0.1) is 4.57 Å². The van der Waals surface area contributed by atoms with E-state index in [1.807, 2.05) is 74.4 Å². The number of rotatable bonds is 4. The van der Waals surface area contributed by atoms with Gasteiger partial charge in [0.15, 0.2) is 23.0 Å². The Hall–Kier alpha value is -4.66. The van der Waals surface area contributed by atoms with Gasteiger partial charge in [0.05, 0.1) is 0 Å². The van der Waals surface area contributed by atoms with Gasteiger partial charge in [-0.1, -0.05) is 36.9 Å². The Morgan fingerprint density at radius 1 is 1.14 bits per heavy atom. The van der Waals surface area contributed by atoms with Crippen molar-refractivity contribution in [3.63, 3.8) is 0 Å². The lowest BCUT2D eigenvalue weighted by Crippen LogP contribution is -2.59. The summed E-state index contributed by atoms with van der Waals surface area (Å²) in [4.78, 5) is 39.6. The Morgan fingerprint density at radius 2 is 1.83 bits per heavy atom. The number of carbonyl (C=O) groups excluding carboxylic acids is 1. The number of fused-ring (bicyclic) bond motifs is 2. The van der Waals surface area contributed by atoms with Crippen LogP contribution in [-0.4, -0.2) is 50.5 Å². The summed E-state index contributed by atoms with van der Waals surface area (Å²) in [5.41, 5.74) is 4.97. The fourth-order valence-corrected chi connectivity index (χ4v) is 6.73. The van der Waals surface area contributed by atoms with Gasteiger partial charge in [-0.3, -0.25) is 9.78 Å². The van der Waals surface area contributed by atoms with Gasteiger partial charge in [0.2, 0.25) is 5.91 Å². The Balaban J connectivity index is 1.72. The van der Waals surface area contributed by atoms with Crippen molar-refractivity contribution in [1.82, 2.24) is 19.4 Å². The van der Waals surface area contributed by atoms with Crippen molar-refractivity contribution < 1.29 is 13.8 Å². The standard InChI is InChI=1S/C33H34FN6O2/c1-8-27(41)37-16-20(5)38(21(6)17-37)31-25-15-26(34)30(24-12-10-9-11-23(24)18(2)3)39-22(7)28-29(19(4)13-14-35-28)40(32(25)39)33(42)36-31/h8-15,20-22H,1-2,16-17H2,3-7H3/q+1/t20-,21-,22?/m0/s1. The zero-order valence-corrected chi connectivity index (χ0v) is 24.6. The van der Waals surface area contributed by atoms with Gasteiger partial charge in [-0.25, -0.2) is 13.8 Å². The number of halogens is 1. The average Bonchev–Trinajstić information content (AvgIpc) is 2.95. The number of hydrogen-bond donors (Lipinski definition) is 0. The second kappa shape index (κ2) is 10.0. The number of piperazine rings is 1. The predicted octanol–water partition coefficient (Wildman–Crippen LogP) is 4.75. The van der Waals surface area contributed by atoms with Gasteiger partial charge in [-0.05, 0) is 64.5 Å². The number of nitrogens with zero attached hydrogens (tertiary/aromatic N) is 6. The SMILES string of the molecule is C=CC(=O)N1C[C@H](C)N(c2nc(=O)n3c4c2cc(F)c(-c2ccccc2C(=C)C)[n+]4C(C)c2nccc(C)c2-3)[C@@H](C)C1. The van der Waals surface area contributed by atoms with Crippen LogP contribution >= 0.6 is 0 Å². The van der Waals surface area contributed by atoms with Crippen molar-refractivity contribution >= 4 is 28.3 Å². The zero-order chi connectivity index (χ0) is 30.0. The number of carbonyl (C=O) groups is 1. The first-order valence-corrected chi connectivity index (χ1v) is 14.2. The van der Waals surface area contributed by atoms with Gasteiger partial charge in [0.25, 0.3) is 0 Å². The lowest BCUT2D eigenvalue weighted by atomic mass is 9.96. The first-order valence-electron chi connectivity index (χ1n) is 14.2. The maximum absolute atomic E-state index is 16.7. The Bertz CT molecular complexity index is 1870. The van der Waals surface area contributed by atoms with E-state index in [4.69, 9.17) is 0 Å². The molecule has 2 aliphatic heterocycles. The molecule has 1 aromatic carbocycles. The molecule has 2 aliphatic rings. The van der Waals surface area contributed by atoms with Crippen molar-refractivity contribution in [3.8, 4) is 16.9 Å². The fraction of sp³-hybridized carbons (Fsp3) is 0.303. The molecule has 0 aliphatic carbocycles. The molecule has 0 radical (unpaired) electrons. The molecule has 0 N–H and O–H groups in total. The molecule has 1 amide bonds. The van der Waals surface area contributed by atoms with Crippen LogP contribution in [0, 0.1) is 12.7 Å². The molecule has 3 atom stereocenters. The molecule has 42 heavy (non-hydrogen) atoms. The van der Waals surface area contributed by atoms with Gasteiger partial charge >= 0.3 is 11.3 Å². The molecule has 1 saturated heterocycles. The Morgan fingerprint density at radius 3 is 2.50 bits per heavy atom. The number of amides is 1. The first kappa shape index (κ1) is 27.5. The minimum absolute atomic E-state index is 0.144. The lowest BCUT2D eigenvalue weighted by molar-refractivity contribution is -0.680. The highest BCUT2D eigenvalue weighted by molar-refractivity contribution is 5.90. The van der Waals surface area contributed by atoms with Crippen molar-refractivity contribution in [1.29, 1.82) is 0 Å². The Kier molecular flexibility index (Phi) is 6.55. The van der Waals surface area contributed by atoms with E-state index in [9.17, 15) is 9.59 Å². The monoisotopic (exact) mass is 565 g/mol. The second-order valence-corrected chi connectivity index (χ2v) is 11.4. The van der Waals surface area contributed by atoms with Crippen LogP contribution in [0.2, 0.25) is 0 Å². The maximum Gasteiger partial charge on any atom is 0.442 e. The zero-order valence-electron chi connectivity index (χ0n) is 24.6. The van der Waals surface area contributed by atoms with Crippen molar-refractivity contribution in [2.24, 2.45) is 0 Å². The smallest absolute Gasteiger partial charge is 0.347 e. The first-order chi connectivity index (χ1) is 20.0. The van der Waals surface area contributed by atoms with E-state index in [-0.39, 0.29) is 18.0 Å². The number of anilines is 1. The molecule has 9 heteroatoms. The molecule has 0 spiro atoms. The summed E-state index contributed by atoms with van der Waals surface area (Å²) >= 11 is 0. The number of benzene rings is 1. The van der Waals surface area contributed by atoms with Crippen LogP contribution in [0.15, 0.2) is 66.6 Å². The Labute approximate surface area is 244 Å². The summed E-state index contributed by atoms with van der Waals surface area (Å²) in [6.45, 7) is 18.4. The predicted molar refractivity (Wildman–Crippen MR) is 162 cm³/mol. The molecule has 6 rings (SSSR count). The van der Waals surface area contributed by atoms with Gasteiger partial charge < -0.3 is 9.80 Å². The van der Waals surface area contributed by atoms with Crippen LogP contribution < -0.4 is 15.2 Å². The number of allylic oxidation sites excluding steroid dienone is 1. The van der Waals surface area contributed by atoms with Crippen LogP contribution in [0.3, 0.4) is 0 Å². The van der Waals surface area contributed by atoms with E-state index < -0.39 is 17.5 Å². The summed E-state index contributed by atoms with van der Waals surface area (Å²) in [7, 11) is 0. The minimum Gasteiger partial charge on any atom is -0.347 e. The highest BCUT2D eigenvalue weighted by atomic mass is 19.1. The number of pyridine rings is 2. The van der Waals surface area contributed by atoms with Crippen LogP contribution in [0.4, 0.5) is 10.2 Å². The topological polar surface area (TPSA) is 75.2 Å². The second-order valence-electron chi connectivity index (χ2n) is 11.4. The van der Waals surface area contributed by atoms with E-state index in [0.717, 1.165) is 16.7 Å². The number of aryl methyl sites for hydroxylation is 1. The quantitative estimate of drug-likeness (QED) is 0.264. The molecule has 0 saturated carbocycles. The molecule has 3 aromatic heterocycles. The van der Waals surface area contributed by atoms with Crippen LogP contribution in [0.5, 0.6) is 0 Å². The highest BCUT2D eigenvalue weighted by Gasteiger charge is 2.42. The summed E-state index contributed by atoms with van der Waals surface area (Å²) in [6, 6.07) is 10.2. The van der Waals surface area contributed by atoms with E-state index in [2.05, 4.69) is 23.1 Å². The van der Waals surface area contributed by atoms with Crippen molar-refractivity contribution in [2.75, 3.05) is 18.0 Å². The van der Waals surface area contributed by atoms with Crippen LogP contribution in [0.25, 0.3) is 33.6 Å². The third-order valence-electron chi connectivity index (χ3n) is 8.51. The lowest BCUT2D eigenvalue weighted by Gasteiger charge is -2.45. The number of aromatic nitrogens is 4. The molecule has 0 bridgehead atoms. The van der Waals surface area contributed by atoms with Crippen molar-refractivity contribution in [3.05, 3.63) is 95.0 Å². The normalized spacial score (nSPS) is 19.5. The van der Waals surface area contributed by atoms with E-state index >= 15 is 4.39 Å². The molecule has 214 valence electrons. The van der Waals surface area contributed by atoms with Crippen molar-refractivity contribution in [2.45, 2.75) is 52.7 Å². The summed E-state index contributed by atoms with van der Waals surface area (Å²) in [5, 5.41) is 0.520. The van der Waals surface area contributed by atoms with E-state index in [1.165, 1.54) is 12.1 Å². The van der Waals surface area contributed by atoms with Gasteiger partial charge in [0.1, 0.15) is 17.1 Å². The van der Waals surface area contributed by atoms with Crippen LogP contribution in [0.1, 0.15) is 50.6 Å². The fourth-order valence-electron chi connectivity index (χ4n) is 6.73. The third-order valence-corrected chi connectivity index (χ3v) is 8.51. The van der Waals surface area contributed by atoms with Gasteiger partial charge in [0, 0.05) is 42.5 Å². The molecular formula is C33H34FN6O2+.